The first kappa shape index (κ1) is 13.3. The van der Waals surface area contributed by atoms with Crippen LogP contribution in [0.3, 0.4) is 0 Å². The molecule has 90 valence electrons. The molecule has 2 N–H and O–H groups in total. The van der Waals surface area contributed by atoms with Crippen molar-refractivity contribution in [2.24, 2.45) is 5.73 Å². The minimum atomic E-state index is -0.166. The molecule has 1 aromatic rings. The van der Waals surface area contributed by atoms with Crippen LogP contribution in [-0.4, -0.2) is 20.3 Å². The van der Waals surface area contributed by atoms with Crippen LogP contribution in [0, 0.1) is 0 Å². The molecule has 2 unspecified atom stereocenters. The average molecular weight is 244 g/mol. The molecule has 0 spiro atoms. The van der Waals surface area contributed by atoms with E-state index in [-0.39, 0.29) is 12.1 Å². The van der Waals surface area contributed by atoms with E-state index in [1.807, 2.05) is 19.1 Å². The third-order valence-corrected chi connectivity index (χ3v) is 2.98. The van der Waals surface area contributed by atoms with Crippen molar-refractivity contribution in [1.82, 2.24) is 0 Å². The maximum Gasteiger partial charge on any atom is 0.137 e. The maximum atomic E-state index is 6.11. The van der Waals surface area contributed by atoms with Gasteiger partial charge in [-0.2, -0.15) is 0 Å². The van der Waals surface area contributed by atoms with E-state index in [0.717, 1.165) is 12.0 Å². The van der Waals surface area contributed by atoms with Gasteiger partial charge in [0.25, 0.3) is 0 Å². The summed E-state index contributed by atoms with van der Waals surface area (Å²) in [6.07, 6.45) is 0.869. The van der Waals surface area contributed by atoms with E-state index in [4.69, 9.17) is 26.8 Å². The fourth-order valence-electron chi connectivity index (χ4n) is 1.67. The summed E-state index contributed by atoms with van der Waals surface area (Å²) >= 11 is 5.95. The summed E-state index contributed by atoms with van der Waals surface area (Å²) in [6, 6.07) is 5.38. The molecule has 0 aliphatic rings. The van der Waals surface area contributed by atoms with Crippen LogP contribution in [0.4, 0.5) is 0 Å². The van der Waals surface area contributed by atoms with Crippen molar-refractivity contribution in [1.29, 1.82) is 0 Å². The van der Waals surface area contributed by atoms with Crippen molar-refractivity contribution in [2.45, 2.75) is 25.5 Å². The van der Waals surface area contributed by atoms with E-state index in [2.05, 4.69) is 0 Å². The smallest absolute Gasteiger partial charge is 0.137 e. The highest BCUT2D eigenvalue weighted by Gasteiger charge is 2.18. The summed E-state index contributed by atoms with van der Waals surface area (Å²) in [6.45, 7) is 2.04. The van der Waals surface area contributed by atoms with Crippen molar-refractivity contribution in [3.63, 3.8) is 0 Å². The summed E-state index contributed by atoms with van der Waals surface area (Å²) in [7, 11) is 3.26. The molecule has 0 amide bonds. The Kier molecular flexibility index (Phi) is 5.06. The van der Waals surface area contributed by atoms with Gasteiger partial charge in [0.2, 0.25) is 0 Å². The standard InChI is InChI=1S/C12H18ClNO2/c1-4-10(15-2)12(14)8-5-6-9(13)11(7-8)16-3/h5-7,10,12H,4,14H2,1-3H3. The van der Waals surface area contributed by atoms with Crippen LogP contribution in [-0.2, 0) is 4.74 Å². The van der Waals surface area contributed by atoms with Crippen molar-refractivity contribution in [2.75, 3.05) is 14.2 Å². The molecule has 1 rings (SSSR count). The Bertz CT molecular complexity index is 340. The number of halogens is 1. The second kappa shape index (κ2) is 6.09. The first-order chi connectivity index (χ1) is 7.63. The molecule has 0 saturated carbocycles. The summed E-state index contributed by atoms with van der Waals surface area (Å²) in [5.41, 5.74) is 7.08. The Morgan fingerprint density at radius 3 is 2.56 bits per heavy atom. The zero-order valence-corrected chi connectivity index (χ0v) is 10.6. The van der Waals surface area contributed by atoms with E-state index in [1.54, 1.807) is 20.3 Å². The normalized spacial score (nSPS) is 14.6. The lowest BCUT2D eigenvalue weighted by Gasteiger charge is -2.22. The SMILES string of the molecule is CCC(OC)C(N)c1ccc(Cl)c(OC)c1. The van der Waals surface area contributed by atoms with Crippen molar-refractivity contribution in [3.05, 3.63) is 28.8 Å². The highest BCUT2D eigenvalue weighted by Crippen LogP contribution is 2.29. The van der Waals surface area contributed by atoms with Crippen LogP contribution in [0.1, 0.15) is 24.9 Å². The van der Waals surface area contributed by atoms with Gasteiger partial charge in [-0.25, -0.2) is 0 Å². The summed E-state index contributed by atoms with van der Waals surface area (Å²) in [5, 5.41) is 0.587. The van der Waals surface area contributed by atoms with E-state index in [9.17, 15) is 0 Å². The molecule has 3 nitrogen and oxygen atoms in total. The molecule has 0 aliphatic heterocycles. The monoisotopic (exact) mass is 243 g/mol. The number of rotatable bonds is 5. The molecule has 1 aromatic carbocycles. The van der Waals surface area contributed by atoms with Gasteiger partial charge in [-0.3, -0.25) is 0 Å². The molecule has 0 fully saturated rings. The van der Waals surface area contributed by atoms with Crippen LogP contribution in [0.2, 0.25) is 5.02 Å². The van der Waals surface area contributed by atoms with Crippen molar-refractivity contribution < 1.29 is 9.47 Å². The average Bonchev–Trinajstić information content (AvgIpc) is 2.31. The summed E-state index contributed by atoms with van der Waals surface area (Å²) in [5.74, 6) is 0.639. The van der Waals surface area contributed by atoms with E-state index in [0.29, 0.717) is 10.8 Å². The Labute approximate surface area is 101 Å². The summed E-state index contributed by atoms with van der Waals surface area (Å²) in [4.78, 5) is 0. The fourth-order valence-corrected chi connectivity index (χ4v) is 1.86. The minimum Gasteiger partial charge on any atom is -0.495 e. The molecular formula is C12H18ClNO2. The molecule has 16 heavy (non-hydrogen) atoms. The predicted molar refractivity (Wildman–Crippen MR) is 66.0 cm³/mol. The molecule has 0 saturated heterocycles. The van der Waals surface area contributed by atoms with Crippen molar-refractivity contribution in [3.8, 4) is 5.75 Å². The van der Waals surface area contributed by atoms with Gasteiger partial charge in [0.15, 0.2) is 0 Å². The van der Waals surface area contributed by atoms with Crippen LogP contribution in [0.5, 0.6) is 5.75 Å². The lowest BCUT2D eigenvalue weighted by Crippen LogP contribution is -2.27. The van der Waals surface area contributed by atoms with Gasteiger partial charge in [0.1, 0.15) is 5.75 Å². The zero-order chi connectivity index (χ0) is 12.1. The molecular weight excluding hydrogens is 226 g/mol. The number of nitrogens with two attached hydrogens (primary N) is 1. The molecule has 4 heteroatoms. The highest BCUT2D eigenvalue weighted by atomic mass is 35.5. The van der Waals surface area contributed by atoms with E-state index in [1.165, 1.54) is 0 Å². The second-order valence-corrected chi connectivity index (χ2v) is 4.01. The summed E-state index contributed by atoms with van der Waals surface area (Å²) < 4.78 is 10.5. The molecule has 0 heterocycles. The van der Waals surface area contributed by atoms with Crippen LogP contribution in [0.15, 0.2) is 18.2 Å². The lowest BCUT2D eigenvalue weighted by atomic mass is 10.0. The largest absolute Gasteiger partial charge is 0.495 e. The fraction of sp³-hybridized carbons (Fsp3) is 0.500. The van der Waals surface area contributed by atoms with Gasteiger partial charge < -0.3 is 15.2 Å². The van der Waals surface area contributed by atoms with Crippen LogP contribution >= 0.6 is 11.6 Å². The number of ether oxygens (including phenoxy) is 2. The minimum absolute atomic E-state index is 0.00545. The lowest BCUT2D eigenvalue weighted by molar-refractivity contribution is 0.0771. The molecule has 0 aromatic heterocycles. The molecule has 2 atom stereocenters. The van der Waals surface area contributed by atoms with Gasteiger partial charge in [0, 0.05) is 7.11 Å². The molecule has 0 radical (unpaired) electrons. The number of benzene rings is 1. The Balaban J connectivity index is 2.95. The highest BCUT2D eigenvalue weighted by molar-refractivity contribution is 6.32. The van der Waals surface area contributed by atoms with Gasteiger partial charge >= 0.3 is 0 Å². The van der Waals surface area contributed by atoms with Gasteiger partial charge in [-0.1, -0.05) is 24.6 Å². The third kappa shape index (κ3) is 2.88. The van der Waals surface area contributed by atoms with E-state index < -0.39 is 0 Å². The Morgan fingerprint density at radius 2 is 2.06 bits per heavy atom. The number of methoxy groups -OCH3 is 2. The first-order valence-corrected chi connectivity index (χ1v) is 5.63. The zero-order valence-electron chi connectivity index (χ0n) is 9.87. The number of hydrogen-bond donors (Lipinski definition) is 1. The quantitative estimate of drug-likeness (QED) is 0.865. The first-order valence-electron chi connectivity index (χ1n) is 5.25. The van der Waals surface area contributed by atoms with Gasteiger partial charge in [-0.05, 0) is 24.1 Å². The Morgan fingerprint density at radius 1 is 1.38 bits per heavy atom. The van der Waals surface area contributed by atoms with Gasteiger partial charge in [-0.15, -0.1) is 0 Å². The van der Waals surface area contributed by atoms with Crippen LogP contribution < -0.4 is 10.5 Å². The van der Waals surface area contributed by atoms with E-state index >= 15 is 0 Å². The second-order valence-electron chi connectivity index (χ2n) is 3.60. The predicted octanol–water partition coefficient (Wildman–Crippen LogP) is 2.77. The van der Waals surface area contributed by atoms with Crippen LogP contribution in [0.25, 0.3) is 0 Å². The molecule has 0 bridgehead atoms. The third-order valence-electron chi connectivity index (χ3n) is 2.67. The Hall–Kier alpha value is -0.770. The number of hydrogen-bond acceptors (Lipinski definition) is 3. The van der Waals surface area contributed by atoms with Crippen molar-refractivity contribution >= 4 is 11.6 Å². The van der Waals surface area contributed by atoms with Gasteiger partial charge in [0.05, 0.1) is 24.3 Å². The maximum absolute atomic E-state index is 6.11. The topological polar surface area (TPSA) is 44.5 Å². The molecule has 0 aliphatic carbocycles.